The number of rotatable bonds is 8. The predicted molar refractivity (Wildman–Crippen MR) is 111 cm³/mol. The Balaban J connectivity index is 1.87. The Morgan fingerprint density at radius 2 is 2.10 bits per heavy atom. The number of anilines is 1. The lowest BCUT2D eigenvalue weighted by molar-refractivity contribution is 0.0713. The van der Waals surface area contributed by atoms with Crippen molar-refractivity contribution in [3.63, 3.8) is 0 Å². The molecule has 0 bridgehead atoms. The Morgan fingerprint density at radius 3 is 2.83 bits per heavy atom. The zero-order chi connectivity index (χ0) is 21.7. The molecule has 8 nitrogen and oxygen atoms in total. The van der Waals surface area contributed by atoms with E-state index in [1.54, 1.807) is 32.2 Å². The Hall–Kier alpha value is -3.11. The maximum atomic E-state index is 14.6. The molecule has 0 saturated heterocycles. The fourth-order valence-electron chi connectivity index (χ4n) is 2.62. The van der Waals surface area contributed by atoms with E-state index in [-0.39, 0.29) is 22.4 Å². The van der Waals surface area contributed by atoms with Crippen LogP contribution in [0.1, 0.15) is 23.0 Å². The van der Waals surface area contributed by atoms with Crippen molar-refractivity contribution < 1.29 is 23.4 Å². The van der Waals surface area contributed by atoms with Gasteiger partial charge in [0.25, 0.3) is 11.1 Å². The molecule has 10 heteroatoms. The topological polar surface area (TPSA) is 95.5 Å². The van der Waals surface area contributed by atoms with Gasteiger partial charge in [-0.1, -0.05) is 11.2 Å². The fourth-order valence-corrected chi connectivity index (χ4v) is 3.22. The molecule has 0 aliphatic carbocycles. The summed E-state index contributed by atoms with van der Waals surface area (Å²) in [5, 5.41) is 11.0. The molecular formula is C20H21FN4O4S. The second kappa shape index (κ2) is 9.59. The number of nitrogens with zero attached hydrogens (tertiary/aromatic N) is 3. The highest BCUT2D eigenvalue weighted by Gasteiger charge is 2.21. The molecule has 2 heterocycles. The summed E-state index contributed by atoms with van der Waals surface area (Å²) in [7, 11) is 3.02. The van der Waals surface area contributed by atoms with Gasteiger partial charge >= 0.3 is 0 Å². The summed E-state index contributed by atoms with van der Waals surface area (Å²) in [6.07, 6.45) is 1.29. The average Bonchev–Trinajstić information content (AvgIpc) is 3.18. The van der Waals surface area contributed by atoms with Crippen molar-refractivity contribution in [2.24, 2.45) is 0 Å². The quantitative estimate of drug-likeness (QED) is 0.580. The minimum absolute atomic E-state index is 0.108. The first-order valence-electron chi connectivity index (χ1n) is 9.03. The van der Waals surface area contributed by atoms with Gasteiger partial charge in [-0.25, -0.2) is 4.39 Å². The Kier molecular flexibility index (Phi) is 6.91. The normalized spacial score (nSPS) is 11.8. The first kappa shape index (κ1) is 21.6. The summed E-state index contributed by atoms with van der Waals surface area (Å²) in [6.45, 7) is 3.92. The van der Waals surface area contributed by atoms with Gasteiger partial charge in [0.15, 0.2) is 0 Å². The van der Waals surface area contributed by atoms with Gasteiger partial charge in [-0.05, 0) is 43.4 Å². The number of carbonyl (C=O) groups excluding carboxylic acids is 1. The van der Waals surface area contributed by atoms with Gasteiger partial charge in [-0.3, -0.25) is 15.1 Å². The SMILES string of the molecule is COc1cccc(F)c1-c1cc(C)ncc1C(=O)Nc1nnc(OC[C@H](C)OC)s1. The summed E-state index contributed by atoms with van der Waals surface area (Å²) >= 11 is 1.07. The highest BCUT2D eigenvalue weighted by Crippen LogP contribution is 2.35. The van der Waals surface area contributed by atoms with Crippen molar-refractivity contribution >= 4 is 22.4 Å². The Morgan fingerprint density at radius 1 is 1.30 bits per heavy atom. The first-order chi connectivity index (χ1) is 14.4. The molecule has 0 saturated carbocycles. The van der Waals surface area contributed by atoms with Crippen molar-refractivity contribution in [2.75, 3.05) is 26.1 Å². The van der Waals surface area contributed by atoms with Gasteiger partial charge < -0.3 is 14.2 Å². The van der Waals surface area contributed by atoms with Crippen LogP contribution in [0.5, 0.6) is 10.9 Å². The van der Waals surface area contributed by atoms with Gasteiger partial charge in [0.1, 0.15) is 18.2 Å². The monoisotopic (exact) mass is 432 g/mol. The lowest BCUT2D eigenvalue weighted by Gasteiger charge is -2.14. The Labute approximate surface area is 177 Å². The molecule has 158 valence electrons. The minimum Gasteiger partial charge on any atom is -0.496 e. The number of pyridine rings is 1. The van der Waals surface area contributed by atoms with Crippen LogP contribution in [-0.4, -0.2) is 48.0 Å². The summed E-state index contributed by atoms with van der Waals surface area (Å²) in [5.74, 6) is -0.697. The van der Waals surface area contributed by atoms with Gasteiger partial charge in [0.05, 0.1) is 24.3 Å². The van der Waals surface area contributed by atoms with Gasteiger partial charge in [-0.15, -0.1) is 5.10 Å². The van der Waals surface area contributed by atoms with E-state index in [4.69, 9.17) is 14.2 Å². The number of aryl methyl sites for hydroxylation is 1. The van der Waals surface area contributed by atoms with Crippen LogP contribution in [0.3, 0.4) is 0 Å². The molecule has 3 rings (SSSR count). The van der Waals surface area contributed by atoms with E-state index in [9.17, 15) is 9.18 Å². The van der Waals surface area contributed by atoms with E-state index >= 15 is 0 Å². The highest BCUT2D eigenvalue weighted by molar-refractivity contribution is 7.17. The van der Waals surface area contributed by atoms with Crippen molar-refractivity contribution in [3.8, 4) is 22.1 Å². The maximum Gasteiger partial charge on any atom is 0.295 e. The number of carbonyl (C=O) groups is 1. The third-order valence-electron chi connectivity index (χ3n) is 4.22. The van der Waals surface area contributed by atoms with Crippen LogP contribution >= 0.6 is 11.3 Å². The van der Waals surface area contributed by atoms with Crippen molar-refractivity contribution in [3.05, 3.63) is 47.5 Å². The minimum atomic E-state index is -0.507. The third kappa shape index (κ3) is 4.89. The van der Waals surface area contributed by atoms with Crippen LogP contribution in [0.15, 0.2) is 30.5 Å². The molecule has 30 heavy (non-hydrogen) atoms. The number of nitrogens with one attached hydrogen (secondary N) is 1. The predicted octanol–water partition coefficient (Wildman–Crippen LogP) is 3.72. The van der Waals surface area contributed by atoms with Crippen molar-refractivity contribution in [2.45, 2.75) is 20.0 Å². The Bertz CT molecular complexity index is 1040. The van der Waals surface area contributed by atoms with E-state index in [0.29, 0.717) is 28.8 Å². The van der Waals surface area contributed by atoms with E-state index in [2.05, 4.69) is 20.5 Å². The van der Waals surface area contributed by atoms with Crippen molar-refractivity contribution in [1.29, 1.82) is 0 Å². The molecule has 0 aliphatic rings. The number of hydrogen-bond donors (Lipinski definition) is 1. The summed E-state index contributed by atoms with van der Waals surface area (Å²) in [5.41, 5.74) is 1.36. The van der Waals surface area contributed by atoms with Crippen LogP contribution in [0.2, 0.25) is 0 Å². The molecule has 0 radical (unpaired) electrons. The fraction of sp³-hybridized carbons (Fsp3) is 0.300. The van der Waals surface area contributed by atoms with Crippen LogP contribution < -0.4 is 14.8 Å². The molecule has 1 N–H and O–H groups in total. The lowest BCUT2D eigenvalue weighted by Crippen LogP contribution is -2.15. The third-order valence-corrected chi connectivity index (χ3v) is 4.97. The maximum absolute atomic E-state index is 14.6. The van der Waals surface area contributed by atoms with E-state index in [0.717, 1.165) is 11.3 Å². The molecule has 0 spiro atoms. The van der Waals surface area contributed by atoms with Crippen LogP contribution in [-0.2, 0) is 4.74 Å². The number of benzene rings is 1. The number of methoxy groups -OCH3 is 2. The average molecular weight is 432 g/mol. The molecule has 2 aromatic heterocycles. The molecule has 0 aliphatic heterocycles. The summed E-state index contributed by atoms with van der Waals surface area (Å²) in [6, 6.07) is 6.12. The number of halogens is 1. The summed E-state index contributed by atoms with van der Waals surface area (Å²) in [4.78, 5) is 17.1. The molecule has 0 unspecified atom stereocenters. The first-order valence-corrected chi connectivity index (χ1v) is 9.84. The number of hydrogen-bond acceptors (Lipinski definition) is 8. The summed E-state index contributed by atoms with van der Waals surface area (Å²) < 4.78 is 30.5. The number of amides is 1. The highest BCUT2D eigenvalue weighted by atomic mass is 32.1. The zero-order valence-corrected chi connectivity index (χ0v) is 17.7. The van der Waals surface area contributed by atoms with Crippen LogP contribution in [0.4, 0.5) is 9.52 Å². The molecule has 3 aromatic rings. The molecular weight excluding hydrogens is 411 g/mol. The van der Waals surface area contributed by atoms with E-state index < -0.39 is 11.7 Å². The zero-order valence-electron chi connectivity index (χ0n) is 16.9. The smallest absolute Gasteiger partial charge is 0.295 e. The number of ether oxygens (including phenoxy) is 3. The molecule has 1 amide bonds. The van der Waals surface area contributed by atoms with Crippen molar-refractivity contribution in [1.82, 2.24) is 15.2 Å². The molecule has 1 aromatic carbocycles. The van der Waals surface area contributed by atoms with Crippen LogP contribution in [0.25, 0.3) is 11.1 Å². The molecule has 0 fully saturated rings. The lowest BCUT2D eigenvalue weighted by atomic mass is 9.98. The second-order valence-corrected chi connectivity index (χ2v) is 7.31. The second-order valence-electron chi connectivity index (χ2n) is 6.37. The van der Waals surface area contributed by atoms with Gasteiger partial charge in [0, 0.05) is 24.6 Å². The largest absolute Gasteiger partial charge is 0.496 e. The molecule has 1 atom stereocenters. The van der Waals surface area contributed by atoms with E-state index in [1.807, 2.05) is 6.92 Å². The standard InChI is InChI=1S/C20H21FN4O4S/c1-11-8-13(17-15(21)6-5-7-16(17)28-4)14(9-22-11)18(26)23-19-24-25-20(30-19)29-10-12(2)27-3/h5-9,12H,10H2,1-4H3,(H,23,24,26)/t12-/m0/s1. The van der Waals surface area contributed by atoms with E-state index in [1.165, 1.54) is 19.4 Å². The number of aromatic nitrogens is 3. The van der Waals surface area contributed by atoms with Crippen LogP contribution in [0, 0.1) is 12.7 Å². The van der Waals surface area contributed by atoms with Gasteiger partial charge in [-0.2, -0.15) is 0 Å². The van der Waals surface area contributed by atoms with Gasteiger partial charge in [0.2, 0.25) is 5.13 Å².